The van der Waals surface area contributed by atoms with Crippen LogP contribution >= 0.6 is 0 Å². The molecule has 0 aromatic carbocycles. The summed E-state index contributed by atoms with van der Waals surface area (Å²) in [7, 11) is 0. The third-order valence-electron chi connectivity index (χ3n) is 2.90. The molecule has 0 nitrogen and oxygen atoms in total. The predicted molar refractivity (Wildman–Crippen MR) is 66.0 cm³/mol. The Bertz CT molecular complexity index is 82.6. The van der Waals surface area contributed by atoms with Crippen LogP contribution in [0.25, 0.3) is 0 Å². The van der Waals surface area contributed by atoms with Gasteiger partial charge in [0.15, 0.2) is 0 Å². The molecule has 0 aliphatic carbocycles. The fraction of sp³-hybridized carbons (Fsp3) is 1.00. The van der Waals surface area contributed by atoms with Crippen LogP contribution in [0.2, 0.25) is 19.0 Å². The molecular weight excluding hydrogens is 178 g/mol. The zero-order valence-electron chi connectivity index (χ0n) is 11.9. The second kappa shape index (κ2) is 14.1. The van der Waals surface area contributed by atoms with E-state index in [1.165, 1.54) is 57.5 Å². The molecule has 0 aliphatic heterocycles. The minimum absolute atomic E-state index is 0. The molecular formula is C12H28BNa. The Morgan fingerprint density at radius 2 is 1.00 bits per heavy atom. The van der Waals surface area contributed by atoms with E-state index in [2.05, 4.69) is 20.8 Å². The van der Waals surface area contributed by atoms with Gasteiger partial charge < -0.3 is 1.43 Å². The smallest absolute Gasteiger partial charge is 1.00 e. The minimum Gasteiger partial charge on any atom is -1.00 e. The molecule has 0 spiro atoms. The van der Waals surface area contributed by atoms with Gasteiger partial charge in [0.25, 0.3) is 0 Å². The van der Waals surface area contributed by atoms with Gasteiger partial charge in [0.2, 0.25) is 0 Å². The summed E-state index contributed by atoms with van der Waals surface area (Å²) in [6.45, 7) is 7.95. The molecule has 14 heavy (non-hydrogen) atoms. The fourth-order valence-corrected chi connectivity index (χ4v) is 1.91. The zero-order valence-corrected chi connectivity index (χ0v) is 12.9. The van der Waals surface area contributed by atoms with Crippen LogP contribution in [0.1, 0.15) is 60.7 Å². The second-order valence-electron chi connectivity index (χ2n) is 4.29. The van der Waals surface area contributed by atoms with Crippen molar-refractivity contribution in [2.24, 2.45) is 0 Å². The third-order valence-corrected chi connectivity index (χ3v) is 2.90. The van der Waals surface area contributed by atoms with Gasteiger partial charge in [0.05, 0.1) is 0 Å². The fourth-order valence-electron chi connectivity index (χ4n) is 1.91. The molecule has 0 atom stereocenters. The maximum Gasteiger partial charge on any atom is 1.00 e. The summed E-state index contributed by atoms with van der Waals surface area (Å²) in [5.74, 6) is 0. The summed E-state index contributed by atoms with van der Waals surface area (Å²) in [4.78, 5) is 0. The van der Waals surface area contributed by atoms with E-state index in [1.54, 1.807) is 0 Å². The normalized spacial score (nSPS) is 9.64. The Kier molecular flexibility index (Phi) is 17.5. The number of unbranched alkanes of at least 4 members (excludes halogenated alkanes) is 3. The molecule has 0 rings (SSSR count). The van der Waals surface area contributed by atoms with Crippen LogP contribution in [0, 0.1) is 0 Å². The molecule has 2 heteroatoms. The first-order valence-electron chi connectivity index (χ1n) is 6.35. The van der Waals surface area contributed by atoms with E-state index >= 15 is 0 Å². The van der Waals surface area contributed by atoms with Crippen LogP contribution in [-0.2, 0) is 0 Å². The van der Waals surface area contributed by atoms with Crippen molar-refractivity contribution in [3.05, 3.63) is 0 Å². The van der Waals surface area contributed by atoms with Crippen molar-refractivity contribution in [1.82, 2.24) is 0 Å². The summed E-state index contributed by atoms with van der Waals surface area (Å²) < 4.78 is 0. The first kappa shape index (κ1) is 17.5. The molecule has 0 N–H and O–H groups in total. The van der Waals surface area contributed by atoms with Crippen molar-refractivity contribution < 1.29 is 31.0 Å². The van der Waals surface area contributed by atoms with Crippen LogP contribution in [0.3, 0.4) is 0 Å². The van der Waals surface area contributed by atoms with E-state index in [0.717, 1.165) is 6.71 Å². The van der Waals surface area contributed by atoms with Crippen molar-refractivity contribution in [1.29, 1.82) is 0 Å². The van der Waals surface area contributed by atoms with Crippen molar-refractivity contribution in [2.75, 3.05) is 0 Å². The van der Waals surface area contributed by atoms with E-state index in [9.17, 15) is 0 Å². The largest absolute Gasteiger partial charge is 1.00 e. The molecule has 0 fully saturated rings. The summed E-state index contributed by atoms with van der Waals surface area (Å²) in [5.41, 5.74) is 0. The van der Waals surface area contributed by atoms with E-state index in [1.807, 2.05) is 0 Å². The van der Waals surface area contributed by atoms with Gasteiger partial charge in [-0.1, -0.05) is 78.3 Å². The van der Waals surface area contributed by atoms with Gasteiger partial charge in [-0.3, -0.25) is 0 Å². The molecule has 0 bridgehead atoms. The van der Waals surface area contributed by atoms with E-state index in [0.29, 0.717) is 0 Å². The third kappa shape index (κ3) is 11.1. The first-order valence-corrected chi connectivity index (χ1v) is 6.35. The standard InChI is InChI=1S/C12H27B.Na.H/c1-4-7-10-13(11-8-5-2)12-9-6-3;;/h4-12H2,1-3H3;;/q;+1;-1. The summed E-state index contributed by atoms with van der Waals surface area (Å²) in [6, 6.07) is 0. The maximum absolute atomic E-state index is 2.30. The zero-order chi connectivity index (χ0) is 9.94. The van der Waals surface area contributed by atoms with Crippen LogP contribution in [-0.4, -0.2) is 6.71 Å². The van der Waals surface area contributed by atoms with Gasteiger partial charge >= 0.3 is 29.6 Å². The van der Waals surface area contributed by atoms with Crippen molar-refractivity contribution in [3.8, 4) is 0 Å². The molecule has 0 heterocycles. The Morgan fingerprint density at radius 1 is 0.714 bits per heavy atom. The van der Waals surface area contributed by atoms with Crippen LogP contribution in [0.5, 0.6) is 0 Å². The molecule has 0 amide bonds. The molecule has 0 radical (unpaired) electrons. The van der Waals surface area contributed by atoms with Gasteiger partial charge in [0.1, 0.15) is 6.71 Å². The molecule has 0 saturated carbocycles. The van der Waals surface area contributed by atoms with Gasteiger partial charge in [-0.2, -0.15) is 0 Å². The number of hydrogen-bond donors (Lipinski definition) is 0. The van der Waals surface area contributed by atoms with Gasteiger partial charge in [0, 0.05) is 0 Å². The Hall–Kier alpha value is 1.06. The average molecular weight is 206 g/mol. The minimum atomic E-state index is 0. The van der Waals surface area contributed by atoms with Crippen molar-refractivity contribution >= 4 is 6.71 Å². The Labute approximate surface area is 115 Å². The predicted octanol–water partition coefficient (Wildman–Crippen LogP) is 2.00. The summed E-state index contributed by atoms with van der Waals surface area (Å²) in [6.07, 6.45) is 12.9. The van der Waals surface area contributed by atoms with E-state index in [4.69, 9.17) is 0 Å². The van der Waals surface area contributed by atoms with Gasteiger partial charge in [-0.05, 0) is 0 Å². The Morgan fingerprint density at radius 3 is 1.21 bits per heavy atom. The van der Waals surface area contributed by atoms with Gasteiger partial charge in [-0.15, -0.1) is 0 Å². The number of rotatable bonds is 9. The number of hydrogen-bond acceptors (Lipinski definition) is 0. The van der Waals surface area contributed by atoms with Crippen LogP contribution in [0.15, 0.2) is 0 Å². The molecule has 80 valence electrons. The molecule has 0 aliphatic rings. The second-order valence-corrected chi connectivity index (χ2v) is 4.29. The average Bonchev–Trinajstić information content (AvgIpc) is 2.17. The summed E-state index contributed by atoms with van der Waals surface area (Å²) in [5, 5.41) is 0. The van der Waals surface area contributed by atoms with Crippen molar-refractivity contribution in [2.45, 2.75) is 78.3 Å². The summed E-state index contributed by atoms with van der Waals surface area (Å²) >= 11 is 0. The molecule has 0 saturated heterocycles. The Balaban J connectivity index is -0.000000720. The first-order chi connectivity index (χ1) is 6.35. The van der Waals surface area contributed by atoms with Gasteiger partial charge in [-0.25, -0.2) is 0 Å². The van der Waals surface area contributed by atoms with E-state index < -0.39 is 0 Å². The topological polar surface area (TPSA) is 0 Å². The van der Waals surface area contributed by atoms with Crippen molar-refractivity contribution in [3.63, 3.8) is 0 Å². The molecule has 0 aromatic heterocycles. The van der Waals surface area contributed by atoms with E-state index in [-0.39, 0.29) is 31.0 Å². The quantitative estimate of drug-likeness (QED) is 0.506. The molecule has 0 aromatic rings. The van der Waals surface area contributed by atoms with Crippen LogP contribution < -0.4 is 29.6 Å². The monoisotopic (exact) mass is 206 g/mol. The maximum atomic E-state index is 2.30. The molecule has 0 unspecified atom stereocenters. The SMILES string of the molecule is CCCCB(CCCC)CCCC.[H-].[Na+]. The van der Waals surface area contributed by atoms with Crippen LogP contribution in [0.4, 0.5) is 0 Å².